The van der Waals surface area contributed by atoms with E-state index in [1.807, 2.05) is 6.92 Å². The Morgan fingerprint density at radius 1 is 1.67 bits per heavy atom. The van der Waals surface area contributed by atoms with Gasteiger partial charge >= 0.3 is 0 Å². The van der Waals surface area contributed by atoms with Crippen LogP contribution in [0.25, 0.3) is 0 Å². The van der Waals surface area contributed by atoms with E-state index in [2.05, 4.69) is 26.5 Å². The van der Waals surface area contributed by atoms with Crippen LogP contribution in [0.1, 0.15) is 33.6 Å². The van der Waals surface area contributed by atoms with Crippen molar-refractivity contribution < 1.29 is 4.74 Å². The van der Waals surface area contributed by atoms with Crippen molar-refractivity contribution in [3.8, 4) is 0 Å². The molecule has 1 heteroatoms. The lowest BCUT2D eigenvalue weighted by atomic mass is 9.89. The Kier molecular flexibility index (Phi) is 2.96. The first-order valence-corrected chi connectivity index (χ1v) is 4.59. The highest BCUT2D eigenvalue weighted by Crippen LogP contribution is 2.26. The molecule has 0 saturated heterocycles. The highest BCUT2D eigenvalue weighted by molar-refractivity contribution is 5.08. The fourth-order valence-corrected chi connectivity index (χ4v) is 1.53. The number of hydrogen-bond donors (Lipinski definition) is 0. The lowest BCUT2D eigenvalue weighted by Crippen LogP contribution is -2.22. The summed E-state index contributed by atoms with van der Waals surface area (Å²) >= 11 is 0. The fraction of sp³-hybridized carbons (Fsp3) is 0.636. The Hall–Kier alpha value is -0.720. The number of allylic oxidation sites excluding steroid dienone is 2. The molecule has 0 aromatic carbocycles. The van der Waals surface area contributed by atoms with Crippen LogP contribution in [0.4, 0.5) is 0 Å². The summed E-state index contributed by atoms with van der Waals surface area (Å²) < 4.78 is 5.60. The molecule has 0 heterocycles. The van der Waals surface area contributed by atoms with Crippen molar-refractivity contribution in [3.63, 3.8) is 0 Å². The number of rotatable bonds is 2. The lowest BCUT2D eigenvalue weighted by Gasteiger charge is -2.27. The van der Waals surface area contributed by atoms with Gasteiger partial charge in [-0.05, 0) is 38.7 Å². The van der Waals surface area contributed by atoms with E-state index >= 15 is 0 Å². The van der Waals surface area contributed by atoms with Crippen molar-refractivity contribution in [1.82, 2.24) is 0 Å². The fourth-order valence-electron chi connectivity index (χ4n) is 1.53. The Balaban J connectivity index is 2.60. The summed E-state index contributed by atoms with van der Waals surface area (Å²) in [5.74, 6) is 1.45. The quantitative estimate of drug-likeness (QED) is 0.452. The van der Waals surface area contributed by atoms with Gasteiger partial charge in [-0.2, -0.15) is 0 Å². The van der Waals surface area contributed by atoms with E-state index in [9.17, 15) is 0 Å². The van der Waals surface area contributed by atoms with Gasteiger partial charge in [0.2, 0.25) is 0 Å². The van der Waals surface area contributed by atoms with Gasteiger partial charge in [-0.3, -0.25) is 0 Å². The van der Waals surface area contributed by atoms with Crippen LogP contribution in [0.3, 0.4) is 0 Å². The molecule has 12 heavy (non-hydrogen) atoms. The molecule has 0 bridgehead atoms. The first-order chi connectivity index (χ1) is 5.59. The molecule has 2 atom stereocenters. The van der Waals surface area contributed by atoms with Gasteiger partial charge in [-0.25, -0.2) is 0 Å². The first-order valence-electron chi connectivity index (χ1n) is 4.59. The smallest absolute Gasteiger partial charge is 0.119 e. The van der Waals surface area contributed by atoms with Crippen LogP contribution in [0, 0.1) is 5.92 Å². The van der Waals surface area contributed by atoms with Crippen LogP contribution < -0.4 is 0 Å². The predicted molar refractivity (Wildman–Crippen MR) is 51.8 cm³/mol. The molecule has 0 aromatic heterocycles. The van der Waals surface area contributed by atoms with Crippen LogP contribution in [0.2, 0.25) is 0 Å². The molecule has 2 unspecified atom stereocenters. The minimum Gasteiger partial charge on any atom is -0.491 e. The average molecular weight is 166 g/mol. The molecule has 68 valence electrons. The van der Waals surface area contributed by atoms with Gasteiger partial charge in [0.05, 0.1) is 5.76 Å². The predicted octanol–water partition coefficient (Wildman–Crippen LogP) is 3.28. The minimum absolute atomic E-state index is 0.260. The topological polar surface area (TPSA) is 9.23 Å². The van der Waals surface area contributed by atoms with Crippen LogP contribution in [-0.4, -0.2) is 6.10 Å². The summed E-state index contributed by atoms with van der Waals surface area (Å²) in [4.78, 5) is 0. The molecule has 0 amide bonds. The Morgan fingerprint density at radius 2 is 2.33 bits per heavy atom. The number of ether oxygens (including phenoxy) is 1. The molecule has 0 fully saturated rings. The third-order valence-electron chi connectivity index (χ3n) is 2.34. The summed E-state index contributed by atoms with van der Waals surface area (Å²) in [6.07, 6.45) is 4.94. The zero-order valence-electron chi connectivity index (χ0n) is 8.26. The molecule has 0 spiro atoms. The molecule has 0 aromatic rings. The van der Waals surface area contributed by atoms with Crippen LogP contribution >= 0.6 is 0 Å². The zero-order valence-corrected chi connectivity index (χ0v) is 8.26. The summed E-state index contributed by atoms with van der Waals surface area (Å²) in [5, 5.41) is 0. The van der Waals surface area contributed by atoms with E-state index in [0.29, 0.717) is 5.92 Å². The van der Waals surface area contributed by atoms with E-state index in [1.165, 1.54) is 18.4 Å². The van der Waals surface area contributed by atoms with E-state index in [4.69, 9.17) is 4.74 Å². The third kappa shape index (κ3) is 2.40. The normalized spacial score (nSPS) is 29.4. The van der Waals surface area contributed by atoms with Gasteiger partial charge in [0.25, 0.3) is 0 Å². The second-order valence-electron chi connectivity index (χ2n) is 3.81. The minimum atomic E-state index is 0.260. The summed E-state index contributed by atoms with van der Waals surface area (Å²) in [5.41, 5.74) is 1.44. The summed E-state index contributed by atoms with van der Waals surface area (Å²) in [6, 6.07) is 0. The molecule has 1 aliphatic carbocycles. The molecule has 0 saturated carbocycles. The Morgan fingerprint density at radius 3 is 2.92 bits per heavy atom. The van der Waals surface area contributed by atoms with Gasteiger partial charge < -0.3 is 4.74 Å². The van der Waals surface area contributed by atoms with Gasteiger partial charge in [0.15, 0.2) is 0 Å². The van der Waals surface area contributed by atoms with Crippen LogP contribution in [0.15, 0.2) is 24.0 Å². The van der Waals surface area contributed by atoms with E-state index in [-0.39, 0.29) is 6.10 Å². The Labute approximate surface area is 75.1 Å². The molecule has 1 rings (SSSR count). The van der Waals surface area contributed by atoms with Crippen molar-refractivity contribution in [2.45, 2.75) is 39.7 Å². The maximum Gasteiger partial charge on any atom is 0.119 e. The molecule has 0 aliphatic heterocycles. The number of hydrogen-bond acceptors (Lipinski definition) is 1. The molecular formula is C11H18O. The maximum absolute atomic E-state index is 5.60. The van der Waals surface area contributed by atoms with Crippen molar-refractivity contribution in [3.05, 3.63) is 24.0 Å². The second-order valence-corrected chi connectivity index (χ2v) is 3.81. The molecule has 0 N–H and O–H groups in total. The van der Waals surface area contributed by atoms with Gasteiger partial charge in [-0.1, -0.05) is 19.1 Å². The van der Waals surface area contributed by atoms with Crippen molar-refractivity contribution in [1.29, 1.82) is 0 Å². The Bertz CT molecular complexity index is 203. The molecular weight excluding hydrogens is 148 g/mol. The van der Waals surface area contributed by atoms with Crippen LogP contribution in [0.5, 0.6) is 0 Å². The van der Waals surface area contributed by atoms with Crippen molar-refractivity contribution >= 4 is 0 Å². The van der Waals surface area contributed by atoms with Crippen LogP contribution in [-0.2, 0) is 4.74 Å². The summed E-state index contributed by atoms with van der Waals surface area (Å²) in [7, 11) is 0. The van der Waals surface area contributed by atoms with E-state index < -0.39 is 0 Å². The monoisotopic (exact) mass is 166 g/mol. The zero-order chi connectivity index (χ0) is 9.14. The van der Waals surface area contributed by atoms with E-state index in [0.717, 1.165) is 5.76 Å². The van der Waals surface area contributed by atoms with Crippen molar-refractivity contribution in [2.75, 3.05) is 0 Å². The standard InChI is InChI=1S/C11H18O/c1-8(2)12-11-7-9(3)5-6-10(11)4/h7,10-11H,1,5-6H2,2-4H3. The second kappa shape index (κ2) is 3.79. The highest BCUT2D eigenvalue weighted by Gasteiger charge is 2.20. The molecule has 1 aliphatic rings. The maximum atomic E-state index is 5.60. The first kappa shape index (κ1) is 9.37. The van der Waals surface area contributed by atoms with Gasteiger partial charge in [0.1, 0.15) is 6.10 Å². The van der Waals surface area contributed by atoms with Gasteiger partial charge in [-0.15, -0.1) is 0 Å². The van der Waals surface area contributed by atoms with Gasteiger partial charge in [0, 0.05) is 0 Å². The average Bonchev–Trinajstić information content (AvgIpc) is 1.96. The third-order valence-corrected chi connectivity index (χ3v) is 2.34. The molecule has 1 nitrogen and oxygen atoms in total. The van der Waals surface area contributed by atoms with E-state index in [1.54, 1.807) is 0 Å². The lowest BCUT2D eigenvalue weighted by molar-refractivity contribution is 0.101. The largest absolute Gasteiger partial charge is 0.491 e. The molecule has 0 radical (unpaired) electrons. The highest BCUT2D eigenvalue weighted by atomic mass is 16.5. The van der Waals surface area contributed by atoms with Crippen molar-refractivity contribution in [2.24, 2.45) is 5.92 Å². The summed E-state index contributed by atoms with van der Waals surface area (Å²) in [6.45, 7) is 10.1. The SMILES string of the molecule is C=C(C)OC1C=C(C)CCC1C.